The number of ether oxygens (including phenoxy) is 1. The zero-order chi connectivity index (χ0) is 12.1. The number of aliphatic carboxylic acids is 1. The van der Waals surface area contributed by atoms with Crippen LogP contribution in [-0.2, 0) is 11.2 Å². The lowest BCUT2D eigenvalue weighted by molar-refractivity contribution is -0.139. The van der Waals surface area contributed by atoms with E-state index in [4.69, 9.17) is 15.1 Å². The molecule has 16 heavy (non-hydrogen) atoms. The molecular formula is C11H10BrNO3. The van der Waals surface area contributed by atoms with Gasteiger partial charge in [0.1, 0.15) is 11.7 Å². The van der Waals surface area contributed by atoms with Crippen LogP contribution in [-0.4, -0.2) is 18.2 Å². The lowest BCUT2D eigenvalue weighted by Crippen LogP contribution is -2.14. The maximum atomic E-state index is 10.7. The fourth-order valence-electron chi connectivity index (χ4n) is 1.31. The molecule has 5 heteroatoms. The summed E-state index contributed by atoms with van der Waals surface area (Å²) in [4.78, 5) is 10.7. The Morgan fingerprint density at radius 2 is 2.38 bits per heavy atom. The van der Waals surface area contributed by atoms with Gasteiger partial charge in [-0.25, -0.2) is 0 Å². The Kier molecular flexibility index (Phi) is 4.32. The molecule has 0 amide bonds. The Labute approximate surface area is 102 Å². The van der Waals surface area contributed by atoms with Crippen molar-refractivity contribution in [2.45, 2.75) is 6.42 Å². The second kappa shape index (κ2) is 5.52. The van der Waals surface area contributed by atoms with Gasteiger partial charge in [-0.05, 0) is 23.8 Å². The molecule has 0 aromatic heterocycles. The van der Waals surface area contributed by atoms with E-state index in [0.29, 0.717) is 11.3 Å². The molecule has 0 radical (unpaired) electrons. The van der Waals surface area contributed by atoms with Crippen molar-refractivity contribution in [1.82, 2.24) is 0 Å². The van der Waals surface area contributed by atoms with Crippen molar-refractivity contribution in [2.24, 2.45) is 5.92 Å². The minimum Gasteiger partial charge on any atom is -0.496 e. The summed E-state index contributed by atoms with van der Waals surface area (Å²) < 4.78 is 5.93. The average molecular weight is 284 g/mol. The Balaban J connectivity index is 2.99. The second-order valence-electron chi connectivity index (χ2n) is 3.18. The standard InChI is InChI=1S/C11H10BrNO3/c1-16-10-3-2-9(12)5-7(10)4-8(6-13)11(14)15/h2-3,5,8H,4H2,1H3,(H,14,15)/t8-/m0/s1. The lowest BCUT2D eigenvalue weighted by Gasteiger charge is -2.10. The highest BCUT2D eigenvalue weighted by Crippen LogP contribution is 2.25. The molecule has 1 aromatic carbocycles. The predicted molar refractivity (Wildman–Crippen MR) is 61.1 cm³/mol. The molecule has 0 fully saturated rings. The van der Waals surface area contributed by atoms with Crippen molar-refractivity contribution in [3.63, 3.8) is 0 Å². The highest BCUT2D eigenvalue weighted by molar-refractivity contribution is 9.10. The number of carboxylic acids is 1. The van der Waals surface area contributed by atoms with Crippen molar-refractivity contribution in [2.75, 3.05) is 7.11 Å². The van der Waals surface area contributed by atoms with Crippen LogP contribution in [0.5, 0.6) is 5.75 Å². The van der Waals surface area contributed by atoms with Gasteiger partial charge in [0.15, 0.2) is 0 Å². The van der Waals surface area contributed by atoms with Crippen LogP contribution >= 0.6 is 15.9 Å². The third-order valence-electron chi connectivity index (χ3n) is 2.12. The number of nitrogens with zero attached hydrogens (tertiary/aromatic N) is 1. The first-order valence-corrected chi connectivity index (χ1v) is 5.32. The second-order valence-corrected chi connectivity index (χ2v) is 4.10. The van der Waals surface area contributed by atoms with Crippen molar-refractivity contribution >= 4 is 21.9 Å². The molecule has 84 valence electrons. The summed E-state index contributed by atoms with van der Waals surface area (Å²) >= 11 is 3.29. The maximum absolute atomic E-state index is 10.7. The largest absolute Gasteiger partial charge is 0.496 e. The molecule has 0 aliphatic carbocycles. The molecule has 1 N–H and O–H groups in total. The van der Waals surface area contributed by atoms with Gasteiger partial charge in [0.05, 0.1) is 13.2 Å². The third kappa shape index (κ3) is 2.97. The first kappa shape index (κ1) is 12.5. The fourth-order valence-corrected chi connectivity index (χ4v) is 1.72. The van der Waals surface area contributed by atoms with Gasteiger partial charge in [-0.1, -0.05) is 15.9 Å². The normalized spacial score (nSPS) is 11.6. The molecule has 4 nitrogen and oxygen atoms in total. The lowest BCUT2D eigenvalue weighted by atomic mass is 10.0. The van der Waals surface area contributed by atoms with E-state index in [-0.39, 0.29) is 6.42 Å². The SMILES string of the molecule is COc1ccc(Br)cc1C[C@@H](C#N)C(=O)O. The zero-order valence-electron chi connectivity index (χ0n) is 8.61. The number of carbonyl (C=O) groups is 1. The van der Waals surface area contributed by atoms with Gasteiger partial charge >= 0.3 is 5.97 Å². The van der Waals surface area contributed by atoms with E-state index in [1.54, 1.807) is 24.3 Å². The summed E-state index contributed by atoms with van der Waals surface area (Å²) in [7, 11) is 1.51. The first-order valence-electron chi connectivity index (χ1n) is 4.53. The fraction of sp³-hybridized carbons (Fsp3) is 0.273. The summed E-state index contributed by atoms with van der Waals surface area (Å²) in [5.41, 5.74) is 0.700. The Hall–Kier alpha value is -1.54. The van der Waals surface area contributed by atoms with Gasteiger partial charge in [0.2, 0.25) is 0 Å². The molecule has 1 atom stereocenters. The Bertz CT molecular complexity index is 439. The van der Waals surface area contributed by atoms with Crippen molar-refractivity contribution in [1.29, 1.82) is 5.26 Å². The van der Waals surface area contributed by atoms with E-state index in [1.165, 1.54) is 7.11 Å². The molecule has 0 bridgehead atoms. The molecule has 0 spiro atoms. The molecule has 0 aliphatic heterocycles. The maximum Gasteiger partial charge on any atom is 0.321 e. The van der Waals surface area contributed by atoms with Gasteiger partial charge < -0.3 is 9.84 Å². The first-order chi connectivity index (χ1) is 7.58. The summed E-state index contributed by atoms with van der Waals surface area (Å²) in [6.45, 7) is 0. The number of methoxy groups -OCH3 is 1. The number of nitriles is 1. The van der Waals surface area contributed by atoms with Crippen LogP contribution in [0.2, 0.25) is 0 Å². The zero-order valence-corrected chi connectivity index (χ0v) is 10.2. The van der Waals surface area contributed by atoms with Crippen LogP contribution in [0.15, 0.2) is 22.7 Å². The van der Waals surface area contributed by atoms with E-state index < -0.39 is 11.9 Å². The number of hydrogen-bond acceptors (Lipinski definition) is 3. The summed E-state index contributed by atoms with van der Waals surface area (Å²) in [5, 5.41) is 17.5. The Morgan fingerprint density at radius 3 is 2.88 bits per heavy atom. The smallest absolute Gasteiger partial charge is 0.321 e. The number of rotatable bonds is 4. The molecular weight excluding hydrogens is 274 g/mol. The number of benzene rings is 1. The van der Waals surface area contributed by atoms with Gasteiger partial charge in [0.25, 0.3) is 0 Å². The molecule has 1 rings (SSSR count). The highest BCUT2D eigenvalue weighted by atomic mass is 79.9. The van der Waals surface area contributed by atoms with Crippen LogP contribution in [0, 0.1) is 17.2 Å². The molecule has 0 unspecified atom stereocenters. The Morgan fingerprint density at radius 1 is 1.69 bits per heavy atom. The number of carboxylic acid groups (broad SMARTS) is 1. The summed E-state index contributed by atoms with van der Waals surface area (Å²) in [5.74, 6) is -1.59. The van der Waals surface area contributed by atoms with Crippen molar-refractivity contribution in [3.05, 3.63) is 28.2 Å². The quantitative estimate of drug-likeness (QED) is 0.920. The van der Waals surface area contributed by atoms with Crippen LogP contribution in [0.25, 0.3) is 0 Å². The van der Waals surface area contributed by atoms with E-state index in [1.807, 2.05) is 0 Å². The van der Waals surface area contributed by atoms with Gasteiger partial charge in [0, 0.05) is 10.9 Å². The average Bonchev–Trinajstić information content (AvgIpc) is 2.25. The predicted octanol–water partition coefficient (Wildman–Crippen LogP) is 2.22. The van der Waals surface area contributed by atoms with Gasteiger partial charge in [-0.3, -0.25) is 4.79 Å². The van der Waals surface area contributed by atoms with E-state index >= 15 is 0 Å². The molecule has 0 aliphatic rings. The van der Waals surface area contributed by atoms with Gasteiger partial charge in [-0.15, -0.1) is 0 Å². The highest BCUT2D eigenvalue weighted by Gasteiger charge is 2.19. The van der Waals surface area contributed by atoms with Crippen LogP contribution in [0.3, 0.4) is 0 Å². The molecule has 0 saturated heterocycles. The minimum atomic E-state index is -1.12. The molecule has 0 saturated carbocycles. The summed E-state index contributed by atoms with van der Waals surface area (Å²) in [6, 6.07) is 7.03. The van der Waals surface area contributed by atoms with Crippen molar-refractivity contribution in [3.8, 4) is 11.8 Å². The number of halogens is 1. The summed E-state index contributed by atoms with van der Waals surface area (Å²) in [6.07, 6.45) is 0.133. The van der Waals surface area contributed by atoms with Crippen molar-refractivity contribution < 1.29 is 14.6 Å². The number of hydrogen-bond donors (Lipinski definition) is 1. The van der Waals surface area contributed by atoms with Crippen LogP contribution < -0.4 is 4.74 Å². The molecule has 0 heterocycles. The van der Waals surface area contributed by atoms with Gasteiger partial charge in [-0.2, -0.15) is 5.26 Å². The monoisotopic (exact) mass is 283 g/mol. The van der Waals surface area contributed by atoms with E-state index in [0.717, 1.165) is 4.47 Å². The topological polar surface area (TPSA) is 70.3 Å². The van der Waals surface area contributed by atoms with E-state index in [2.05, 4.69) is 15.9 Å². The minimum absolute atomic E-state index is 0.133. The van der Waals surface area contributed by atoms with E-state index in [9.17, 15) is 4.79 Å². The van der Waals surface area contributed by atoms with Crippen LogP contribution in [0.4, 0.5) is 0 Å². The molecule has 1 aromatic rings. The van der Waals surface area contributed by atoms with Crippen LogP contribution in [0.1, 0.15) is 5.56 Å². The third-order valence-corrected chi connectivity index (χ3v) is 2.61.